The molecule has 0 bridgehead atoms. The number of hydrogen-bond donors (Lipinski definition) is 1. The number of nitrogens with one attached hydrogen (secondary N) is 1. The number of benzene rings is 1. The normalized spacial score (nSPS) is 18.8. The van der Waals surface area contributed by atoms with Crippen molar-refractivity contribution in [1.82, 2.24) is 20.4 Å². The lowest BCUT2D eigenvalue weighted by molar-refractivity contribution is 0.190. The Morgan fingerprint density at radius 1 is 1.39 bits per heavy atom. The molecule has 3 rings (SSSR count). The minimum absolute atomic E-state index is 0.130. The summed E-state index contributed by atoms with van der Waals surface area (Å²) >= 11 is 0. The van der Waals surface area contributed by atoms with Gasteiger partial charge in [-0.2, -0.15) is 4.98 Å². The monoisotopic (exact) mass is 318 g/mol. The largest absolute Gasteiger partial charge is 0.493 e. The summed E-state index contributed by atoms with van der Waals surface area (Å²) in [5, 5.41) is 7.49. The van der Waals surface area contributed by atoms with Crippen LogP contribution in [0, 0.1) is 0 Å². The van der Waals surface area contributed by atoms with E-state index in [2.05, 4.69) is 27.4 Å². The number of rotatable bonds is 5. The van der Waals surface area contributed by atoms with E-state index in [-0.39, 0.29) is 6.04 Å². The van der Waals surface area contributed by atoms with Crippen molar-refractivity contribution < 1.29 is 14.0 Å². The molecule has 2 aromatic rings. The van der Waals surface area contributed by atoms with Crippen LogP contribution < -0.4 is 14.8 Å². The van der Waals surface area contributed by atoms with Gasteiger partial charge in [-0.1, -0.05) is 5.16 Å². The van der Waals surface area contributed by atoms with Gasteiger partial charge < -0.3 is 19.3 Å². The molecule has 0 radical (unpaired) electrons. The third-order valence-corrected chi connectivity index (χ3v) is 3.96. The second-order valence-electron chi connectivity index (χ2n) is 5.46. The lowest BCUT2D eigenvalue weighted by Gasteiger charge is -2.30. The van der Waals surface area contributed by atoms with Crippen LogP contribution in [0.5, 0.6) is 11.5 Å². The Kier molecular flexibility index (Phi) is 4.78. The maximum absolute atomic E-state index is 5.53. The highest BCUT2D eigenvalue weighted by atomic mass is 16.5. The molecular weight excluding hydrogens is 296 g/mol. The van der Waals surface area contributed by atoms with Gasteiger partial charge in [0.25, 0.3) is 5.89 Å². The average Bonchev–Trinajstić information content (AvgIpc) is 3.05. The molecule has 1 saturated heterocycles. The molecule has 0 aliphatic carbocycles. The highest BCUT2D eigenvalue weighted by Crippen LogP contribution is 2.32. The molecule has 0 amide bonds. The van der Waals surface area contributed by atoms with Crippen LogP contribution in [0.1, 0.15) is 18.8 Å². The van der Waals surface area contributed by atoms with Crippen LogP contribution in [0.15, 0.2) is 22.7 Å². The maximum Gasteiger partial charge on any atom is 0.258 e. The van der Waals surface area contributed by atoms with E-state index in [0.717, 1.165) is 25.2 Å². The van der Waals surface area contributed by atoms with E-state index in [0.29, 0.717) is 29.8 Å². The third-order valence-electron chi connectivity index (χ3n) is 3.96. The molecule has 1 atom stereocenters. The number of methoxy groups -OCH3 is 1. The number of likely N-dealkylation sites (N-methyl/N-ethyl adjacent to an activating group) is 1. The van der Waals surface area contributed by atoms with Gasteiger partial charge in [0.1, 0.15) is 0 Å². The molecule has 0 saturated carbocycles. The van der Waals surface area contributed by atoms with E-state index in [9.17, 15) is 0 Å². The van der Waals surface area contributed by atoms with Crippen LogP contribution in [-0.2, 0) is 0 Å². The Bertz CT molecular complexity index is 659. The van der Waals surface area contributed by atoms with Crippen LogP contribution >= 0.6 is 0 Å². The summed E-state index contributed by atoms with van der Waals surface area (Å²) < 4.78 is 16.3. The first-order valence-electron chi connectivity index (χ1n) is 7.78. The Morgan fingerprint density at radius 2 is 2.26 bits per heavy atom. The van der Waals surface area contributed by atoms with Gasteiger partial charge in [-0.05, 0) is 32.2 Å². The summed E-state index contributed by atoms with van der Waals surface area (Å²) in [6.07, 6.45) is 0. The molecule has 7 heteroatoms. The first-order valence-corrected chi connectivity index (χ1v) is 7.78. The Balaban J connectivity index is 1.85. The van der Waals surface area contributed by atoms with E-state index in [1.54, 1.807) is 7.11 Å². The van der Waals surface area contributed by atoms with Gasteiger partial charge in [0, 0.05) is 25.2 Å². The summed E-state index contributed by atoms with van der Waals surface area (Å²) in [5.41, 5.74) is 0.815. The first-order chi connectivity index (χ1) is 11.2. The van der Waals surface area contributed by atoms with Crippen molar-refractivity contribution in [2.75, 3.05) is 40.4 Å². The molecular formula is C16H22N4O3. The van der Waals surface area contributed by atoms with Gasteiger partial charge in [-0.25, -0.2) is 0 Å². The van der Waals surface area contributed by atoms with Gasteiger partial charge >= 0.3 is 0 Å². The minimum atomic E-state index is 0.130. The fourth-order valence-corrected chi connectivity index (χ4v) is 2.66. The second-order valence-corrected chi connectivity index (χ2v) is 5.46. The molecule has 7 nitrogen and oxygen atoms in total. The first kappa shape index (κ1) is 15.8. The zero-order valence-corrected chi connectivity index (χ0v) is 13.7. The summed E-state index contributed by atoms with van der Waals surface area (Å²) in [6, 6.07) is 5.74. The summed E-state index contributed by atoms with van der Waals surface area (Å²) in [4.78, 5) is 6.78. The molecule has 0 spiro atoms. The smallest absolute Gasteiger partial charge is 0.258 e. The molecule has 1 aliphatic rings. The molecule has 2 heterocycles. The van der Waals surface area contributed by atoms with Crippen molar-refractivity contribution >= 4 is 0 Å². The fourth-order valence-electron chi connectivity index (χ4n) is 2.66. The van der Waals surface area contributed by atoms with Gasteiger partial charge in [-0.15, -0.1) is 0 Å². The van der Waals surface area contributed by atoms with Crippen LogP contribution in [0.2, 0.25) is 0 Å². The number of hydrogen-bond acceptors (Lipinski definition) is 7. The van der Waals surface area contributed by atoms with Crippen molar-refractivity contribution in [2.24, 2.45) is 0 Å². The van der Waals surface area contributed by atoms with Crippen LogP contribution in [-0.4, -0.2) is 55.4 Å². The number of ether oxygens (including phenoxy) is 2. The molecule has 124 valence electrons. The predicted octanol–water partition coefficient (Wildman–Crippen LogP) is 1.72. The van der Waals surface area contributed by atoms with Crippen molar-refractivity contribution in [3.05, 3.63) is 24.0 Å². The fraction of sp³-hybridized carbons (Fsp3) is 0.500. The van der Waals surface area contributed by atoms with Crippen molar-refractivity contribution in [3.8, 4) is 23.0 Å². The highest BCUT2D eigenvalue weighted by molar-refractivity contribution is 5.59. The summed E-state index contributed by atoms with van der Waals surface area (Å²) in [5.74, 6) is 2.54. The zero-order valence-electron chi connectivity index (χ0n) is 13.7. The van der Waals surface area contributed by atoms with Crippen LogP contribution in [0.25, 0.3) is 11.5 Å². The van der Waals surface area contributed by atoms with Crippen LogP contribution in [0.4, 0.5) is 0 Å². The van der Waals surface area contributed by atoms with E-state index in [1.807, 2.05) is 25.1 Å². The standard InChI is InChI=1S/C16H22N4O3/c1-4-22-13-6-5-11(9-14(13)21-3)16-18-15(19-23-16)12-10-17-7-8-20(12)2/h5-6,9,12,17H,4,7-8,10H2,1-3H3. The summed E-state index contributed by atoms with van der Waals surface area (Å²) in [7, 11) is 3.69. The number of aromatic nitrogens is 2. The lowest BCUT2D eigenvalue weighted by Crippen LogP contribution is -2.44. The van der Waals surface area contributed by atoms with Crippen molar-refractivity contribution in [1.29, 1.82) is 0 Å². The average molecular weight is 318 g/mol. The summed E-state index contributed by atoms with van der Waals surface area (Å²) in [6.45, 7) is 5.29. The molecule has 1 fully saturated rings. The molecule has 1 N–H and O–H groups in total. The molecule has 23 heavy (non-hydrogen) atoms. The molecule has 1 unspecified atom stereocenters. The van der Waals surface area contributed by atoms with Crippen LogP contribution in [0.3, 0.4) is 0 Å². The van der Waals surface area contributed by atoms with E-state index in [4.69, 9.17) is 14.0 Å². The van der Waals surface area contributed by atoms with Crippen molar-refractivity contribution in [3.63, 3.8) is 0 Å². The quantitative estimate of drug-likeness (QED) is 0.900. The zero-order chi connectivity index (χ0) is 16.2. The second kappa shape index (κ2) is 6.97. The Morgan fingerprint density at radius 3 is 3.00 bits per heavy atom. The Labute approximate surface area is 135 Å². The maximum atomic E-state index is 5.53. The van der Waals surface area contributed by atoms with Gasteiger partial charge in [0.05, 0.1) is 19.8 Å². The minimum Gasteiger partial charge on any atom is -0.493 e. The Hall–Kier alpha value is -2.12. The topological polar surface area (TPSA) is 72.7 Å². The molecule has 1 aromatic heterocycles. The number of nitrogens with zero attached hydrogens (tertiary/aromatic N) is 3. The van der Waals surface area contributed by atoms with Gasteiger partial charge in [0.2, 0.25) is 0 Å². The molecule has 1 aromatic carbocycles. The highest BCUT2D eigenvalue weighted by Gasteiger charge is 2.25. The lowest BCUT2D eigenvalue weighted by atomic mass is 10.2. The van der Waals surface area contributed by atoms with Gasteiger partial charge in [-0.3, -0.25) is 4.90 Å². The van der Waals surface area contributed by atoms with Gasteiger partial charge in [0.15, 0.2) is 17.3 Å². The third kappa shape index (κ3) is 3.30. The SMILES string of the molecule is CCOc1ccc(-c2nc(C3CNCCN3C)no2)cc1OC. The van der Waals surface area contributed by atoms with E-state index >= 15 is 0 Å². The van der Waals surface area contributed by atoms with E-state index in [1.165, 1.54) is 0 Å². The number of piperazine rings is 1. The molecule has 1 aliphatic heterocycles. The van der Waals surface area contributed by atoms with E-state index < -0.39 is 0 Å². The predicted molar refractivity (Wildman–Crippen MR) is 85.7 cm³/mol. The van der Waals surface area contributed by atoms with Crippen molar-refractivity contribution in [2.45, 2.75) is 13.0 Å².